The lowest BCUT2D eigenvalue weighted by atomic mass is 10.3. The van der Waals surface area contributed by atoms with E-state index < -0.39 is 0 Å². The van der Waals surface area contributed by atoms with Crippen LogP contribution in [-0.4, -0.2) is 15.7 Å². The monoisotopic (exact) mass is 193 g/mol. The van der Waals surface area contributed by atoms with Gasteiger partial charge in [-0.25, -0.2) is 9.97 Å². The summed E-state index contributed by atoms with van der Waals surface area (Å²) in [5.41, 5.74) is 0.432. The van der Waals surface area contributed by atoms with Crippen LogP contribution >= 0.6 is 11.8 Å². The lowest BCUT2D eigenvalue weighted by Gasteiger charge is -2.02. The van der Waals surface area contributed by atoms with Crippen LogP contribution in [0.1, 0.15) is 19.5 Å². The van der Waals surface area contributed by atoms with Crippen molar-refractivity contribution in [3.63, 3.8) is 0 Å². The molecule has 13 heavy (non-hydrogen) atoms. The third-order valence-corrected chi connectivity index (χ3v) is 2.67. The van der Waals surface area contributed by atoms with Gasteiger partial charge in [-0.15, -0.1) is 11.8 Å². The maximum absolute atomic E-state index is 8.59. The van der Waals surface area contributed by atoms with Crippen molar-refractivity contribution >= 4 is 11.8 Å². The normalized spacial score (nSPS) is 10.0. The van der Waals surface area contributed by atoms with Gasteiger partial charge < -0.3 is 0 Å². The molecule has 1 aromatic heterocycles. The van der Waals surface area contributed by atoms with Crippen molar-refractivity contribution in [3.05, 3.63) is 18.1 Å². The van der Waals surface area contributed by atoms with Gasteiger partial charge in [0, 0.05) is 11.8 Å². The van der Waals surface area contributed by atoms with Gasteiger partial charge >= 0.3 is 0 Å². The van der Waals surface area contributed by atoms with Crippen LogP contribution in [0, 0.1) is 17.2 Å². The van der Waals surface area contributed by atoms with Crippen LogP contribution in [0.2, 0.25) is 0 Å². The van der Waals surface area contributed by atoms with Crippen molar-refractivity contribution < 1.29 is 0 Å². The highest BCUT2D eigenvalue weighted by atomic mass is 32.2. The highest BCUT2D eigenvalue weighted by Gasteiger charge is 2.00. The molecule has 1 heterocycles. The molecular formula is C9H11N3S. The summed E-state index contributed by atoms with van der Waals surface area (Å²) in [7, 11) is 0. The van der Waals surface area contributed by atoms with Crippen molar-refractivity contribution in [2.24, 2.45) is 5.92 Å². The van der Waals surface area contributed by atoms with Crippen molar-refractivity contribution in [1.29, 1.82) is 5.26 Å². The van der Waals surface area contributed by atoms with E-state index in [0.29, 0.717) is 11.6 Å². The molecule has 0 radical (unpaired) electrons. The van der Waals surface area contributed by atoms with Gasteiger partial charge in [-0.1, -0.05) is 13.8 Å². The van der Waals surface area contributed by atoms with Gasteiger partial charge in [-0.3, -0.25) is 0 Å². The Morgan fingerprint density at radius 3 is 2.92 bits per heavy atom. The van der Waals surface area contributed by atoms with E-state index in [1.54, 1.807) is 17.8 Å². The van der Waals surface area contributed by atoms with Crippen LogP contribution < -0.4 is 0 Å². The van der Waals surface area contributed by atoms with Crippen LogP contribution in [0.25, 0.3) is 0 Å². The fourth-order valence-corrected chi connectivity index (χ4v) is 1.55. The third kappa shape index (κ3) is 3.43. The minimum absolute atomic E-state index is 0.432. The number of hydrogen-bond donors (Lipinski definition) is 0. The Balaban J connectivity index is 2.63. The van der Waals surface area contributed by atoms with Gasteiger partial charge in [0.1, 0.15) is 23.1 Å². The Bertz CT molecular complexity index is 317. The number of nitriles is 1. The predicted molar refractivity (Wildman–Crippen MR) is 52.3 cm³/mol. The van der Waals surface area contributed by atoms with E-state index in [1.807, 2.05) is 6.07 Å². The van der Waals surface area contributed by atoms with E-state index in [1.165, 1.54) is 6.33 Å². The van der Waals surface area contributed by atoms with Crippen LogP contribution in [-0.2, 0) is 0 Å². The first-order valence-corrected chi connectivity index (χ1v) is 5.06. The second kappa shape index (κ2) is 4.83. The van der Waals surface area contributed by atoms with Gasteiger partial charge in [0.2, 0.25) is 0 Å². The second-order valence-corrected chi connectivity index (χ2v) is 4.10. The van der Waals surface area contributed by atoms with E-state index in [-0.39, 0.29) is 0 Å². The Hall–Kier alpha value is -1.08. The lowest BCUT2D eigenvalue weighted by molar-refractivity contribution is 0.749. The molecule has 0 unspecified atom stereocenters. The highest BCUT2D eigenvalue weighted by Crippen LogP contribution is 2.17. The molecule has 1 aromatic rings. The molecule has 68 valence electrons. The zero-order valence-electron chi connectivity index (χ0n) is 7.69. The number of aromatic nitrogens is 2. The zero-order valence-corrected chi connectivity index (χ0v) is 8.51. The highest BCUT2D eigenvalue weighted by molar-refractivity contribution is 7.99. The molecule has 4 heteroatoms. The topological polar surface area (TPSA) is 49.6 Å². The molecule has 0 aliphatic heterocycles. The molecule has 0 fully saturated rings. The number of thioether (sulfide) groups is 1. The molecule has 0 aromatic carbocycles. The molecule has 0 N–H and O–H groups in total. The number of nitrogens with zero attached hydrogens (tertiary/aromatic N) is 3. The number of rotatable bonds is 3. The lowest BCUT2D eigenvalue weighted by Crippen LogP contribution is -1.93. The quantitative estimate of drug-likeness (QED) is 0.545. The molecule has 0 saturated carbocycles. The van der Waals surface area contributed by atoms with Crippen molar-refractivity contribution in [1.82, 2.24) is 9.97 Å². The van der Waals surface area contributed by atoms with Crippen molar-refractivity contribution in [2.75, 3.05) is 5.75 Å². The first-order chi connectivity index (χ1) is 6.22. The Morgan fingerprint density at radius 2 is 2.31 bits per heavy atom. The molecule has 3 nitrogen and oxygen atoms in total. The average molecular weight is 193 g/mol. The summed E-state index contributed by atoms with van der Waals surface area (Å²) in [4.78, 5) is 7.86. The van der Waals surface area contributed by atoms with Crippen LogP contribution in [0.3, 0.4) is 0 Å². The fraction of sp³-hybridized carbons (Fsp3) is 0.444. The molecule has 0 bridgehead atoms. The molecule has 0 saturated heterocycles. The van der Waals surface area contributed by atoms with Crippen molar-refractivity contribution in [2.45, 2.75) is 18.9 Å². The van der Waals surface area contributed by atoms with Gasteiger partial charge in [-0.2, -0.15) is 5.26 Å². The maximum atomic E-state index is 8.59. The minimum atomic E-state index is 0.432. The molecule has 1 rings (SSSR count). The van der Waals surface area contributed by atoms with E-state index >= 15 is 0 Å². The van der Waals surface area contributed by atoms with E-state index in [9.17, 15) is 0 Å². The molecule has 0 aliphatic rings. The summed E-state index contributed by atoms with van der Waals surface area (Å²) in [5.74, 6) is 1.65. The van der Waals surface area contributed by atoms with Crippen molar-refractivity contribution in [3.8, 4) is 6.07 Å². The Kier molecular flexibility index (Phi) is 3.71. The fourth-order valence-electron chi connectivity index (χ4n) is 0.732. The Morgan fingerprint density at radius 1 is 1.54 bits per heavy atom. The molecule has 0 amide bonds. The van der Waals surface area contributed by atoms with Gasteiger partial charge in [0.15, 0.2) is 0 Å². The van der Waals surface area contributed by atoms with Gasteiger partial charge in [0.25, 0.3) is 0 Å². The summed E-state index contributed by atoms with van der Waals surface area (Å²) in [6, 6.07) is 3.71. The summed E-state index contributed by atoms with van der Waals surface area (Å²) >= 11 is 1.66. The summed E-state index contributed by atoms with van der Waals surface area (Å²) in [6.45, 7) is 4.30. The minimum Gasteiger partial charge on any atom is -0.230 e. The maximum Gasteiger partial charge on any atom is 0.144 e. The smallest absolute Gasteiger partial charge is 0.144 e. The second-order valence-electron chi connectivity index (χ2n) is 3.06. The first kappa shape index (κ1) is 10.0. The third-order valence-electron chi connectivity index (χ3n) is 1.32. The molecule has 0 aliphatic carbocycles. The first-order valence-electron chi connectivity index (χ1n) is 4.07. The van der Waals surface area contributed by atoms with Crippen LogP contribution in [0.15, 0.2) is 17.4 Å². The Labute approximate surface area is 82.2 Å². The van der Waals surface area contributed by atoms with E-state index in [2.05, 4.69) is 23.8 Å². The SMILES string of the molecule is CC(C)CSc1cc(C#N)ncn1. The summed E-state index contributed by atoms with van der Waals surface area (Å²) in [5, 5.41) is 9.47. The van der Waals surface area contributed by atoms with Crippen LogP contribution in [0.5, 0.6) is 0 Å². The van der Waals surface area contributed by atoms with Crippen LogP contribution in [0.4, 0.5) is 0 Å². The zero-order chi connectivity index (χ0) is 9.68. The standard InChI is InChI=1S/C9H11N3S/c1-7(2)5-13-9-3-8(4-10)11-6-12-9/h3,6-7H,5H2,1-2H3. The number of hydrogen-bond acceptors (Lipinski definition) is 4. The summed E-state index contributed by atoms with van der Waals surface area (Å²) in [6.07, 6.45) is 1.43. The molecule has 0 spiro atoms. The van der Waals surface area contributed by atoms with E-state index in [0.717, 1.165) is 10.8 Å². The van der Waals surface area contributed by atoms with Gasteiger partial charge in [0.05, 0.1) is 0 Å². The predicted octanol–water partition coefficient (Wildman–Crippen LogP) is 2.10. The molecular weight excluding hydrogens is 182 g/mol. The molecule has 0 atom stereocenters. The largest absolute Gasteiger partial charge is 0.230 e. The summed E-state index contributed by atoms with van der Waals surface area (Å²) < 4.78 is 0. The van der Waals surface area contributed by atoms with Gasteiger partial charge in [-0.05, 0) is 5.92 Å². The average Bonchev–Trinajstić information content (AvgIpc) is 2.15. The van der Waals surface area contributed by atoms with E-state index in [4.69, 9.17) is 5.26 Å².